The van der Waals surface area contributed by atoms with E-state index in [4.69, 9.17) is 10.5 Å². The second-order valence-electron chi connectivity index (χ2n) is 7.66. The fourth-order valence-corrected chi connectivity index (χ4v) is 3.81. The van der Waals surface area contributed by atoms with E-state index in [1.54, 1.807) is 0 Å². The predicted octanol–water partition coefficient (Wildman–Crippen LogP) is 2.80. The largest absolute Gasteiger partial charge is 0.493 e. The first-order chi connectivity index (χ1) is 14.4. The molecule has 0 unspecified atom stereocenters. The van der Waals surface area contributed by atoms with Crippen molar-refractivity contribution < 1.29 is 14.3 Å². The maximum absolute atomic E-state index is 12.4. The smallest absolute Gasteiger partial charge is 0.221 e. The number of nitrogens with one attached hydrogen (secondary N) is 1. The van der Waals surface area contributed by atoms with Crippen LogP contribution in [0.15, 0.2) is 36.4 Å². The Kier molecular flexibility index (Phi) is 6.95. The molecule has 30 heavy (non-hydrogen) atoms. The van der Waals surface area contributed by atoms with E-state index in [1.807, 2.05) is 36.4 Å². The lowest BCUT2D eigenvalue weighted by molar-refractivity contribution is -0.114. The van der Waals surface area contributed by atoms with Crippen molar-refractivity contribution >= 4 is 28.8 Å². The van der Waals surface area contributed by atoms with Crippen LogP contribution in [0.25, 0.3) is 0 Å². The van der Waals surface area contributed by atoms with Gasteiger partial charge in [0, 0.05) is 39.5 Å². The molecule has 7 nitrogen and oxygen atoms in total. The first-order valence-corrected chi connectivity index (χ1v) is 10.2. The Morgan fingerprint density at radius 1 is 1.10 bits per heavy atom. The number of nitrogens with two attached hydrogens (primary N) is 1. The van der Waals surface area contributed by atoms with E-state index >= 15 is 0 Å². The minimum absolute atomic E-state index is 0.168. The molecule has 0 spiro atoms. The van der Waals surface area contributed by atoms with Gasteiger partial charge in [-0.05, 0) is 37.7 Å². The molecule has 0 bridgehead atoms. The number of Topliss-reactive ketones (excluding diaryl/α,β-unsaturated/α-hetero) is 1. The van der Waals surface area contributed by atoms with Crippen molar-refractivity contribution in [3.05, 3.63) is 47.5 Å². The average molecular weight is 411 g/mol. The van der Waals surface area contributed by atoms with Gasteiger partial charge in [-0.25, -0.2) is 0 Å². The molecule has 2 aromatic rings. The second kappa shape index (κ2) is 9.63. The maximum Gasteiger partial charge on any atom is 0.221 e. The lowest BCUT2D eigenvalue weighted by Crippen LogP contribution is -2.45. The van der Waals surface area contributed by atoms with Crippen molar-refractivity contribution in [2.24, 2.45) is 0 Å². The molecule has 160 valence electrons. The van der Waals surface area contributed by atoms with Crippen molar-refractivity contribution in [1.82, 2.24) is 4.90 Å². The van der Waals surface area contributed by atoms with Gasteiger partial charge in [0.1, 0.15) is 5.75 Å². The minimum atomic E-state index is -0.240. The summed E-state index contributed by atoms with van der Waals surface area (Å²) in [4.78, 5) is 28.6. The van der Waals surface area contributed by atoms with Crippen molar-refractivity contribution in [2.45, 2.75) is 20.3 Å². The first kappa shape index (κ1) is 21.6. The number of para-hydroxylation sites is 1. The molecule has 3 N–H and O–H groups in total. The first-order valence-electron chi connectivity index (χ1n) is 10.2. The Morgan fingerprint density at radius 2 is 1.77 bits per heavy atom. The Bertz CT molecular complexity index is 906. The molecule has 0 aliphatic carbocycles. The number of carbonyl (C=O) groups is 2. The highest BCUT2D eigenvalue weighted by molar-refractivity contribution is 6.10. The molecule has 1 aliphatic heterocycles. The van der Waals surface area contributed by atoms with Crippen LogP contribution < -0.4 is 20.7 Å². The van der Waals surface area contributed by atoms with Crippen LogP contribution in [0, 0.1) is 0 Å². The van der Waals surface area contributed by atoms with Crippen LogP contribution in [0.1, 0.15) is 29.8 Å². The zero-order chi connectivity index (χ0) is 21.7. The number of hydrogen-bond acceptors (Lipinski definition) is 6. The molecule has 1 fully saturated rings. The fraction of sp³-hybridized carbons (Fsp3) is 0.391. The van der Waals surface area contributed by atoms with Gasteiger partial charge in [-0.3, -0.25) is 9.59 Å². The number of ketones is 1. The highest BCUT2D eigenvalue weighted by atomic mass is 16.5. The molecule has 1 aliphatic rings. The molecule has 1 saturated heterocycles. The van der Waals surface area contributed by atoms with Crippen molar-refractivity contribution in [3.63, 3.8) is 0 Å². The molecular weight excluding hydrogens is 380 g/mol. The van der Waals surface area contributed by atoms with Gasteiger partial charge < -0.3 is 25.6 Å². The van der Waals surface area contributed by atoms with Gasteiger partial charge in [0.2, 0.25) is 5.91 Å². The molecule has 0 saturated carbocycles. The van der Waals surface area contributed by atoms with E-state index < -0.39 is 0 Å². The van der Waals surface area contributed by atoms with E-state index in [0.717, 1.165) is 43.2 Å². The number of nitrogens with zero attached hydrogens (tertiary/aromatic N) is 2. The molecular formula is C23H30N4O3. The summed E-state index contributed by atoms with van der Waals surface area (Å²) in [7, 11) is 2.09. The summed E-state index contributed by atoms with van der Waals surface area (Å²) in [6.45, 7) is 6.84. The Balaban J connectivity index is 1.96. The Morgan fingerprint density at radius 3 is 2.37 bits per heavy atom. The lowest BCUT2D eigenvalue weighted by atomic mass is 9.97. The normalized spacial score (nSPS) is 14.4. The van der Waals surface area contributed by atoms with E-state index in [2.05, 4.69) is 22.2 Å². The molecule has 1 heterocycles. The van der Waals surface area contributed by atoms with E-state index in [1.165, 1.54) is 13.8 Å². The van der Waals surface area contributed by atoms with E-state index in [9.17, 15) is 9.59 Å². The van der Waals surface area contributed by atoms with Gasteiger partial charge in [-0.2, -0.15) is 0 Å². The number of benzene rings is 2. The minimum Gasteiger partial charge on any atom is -0.493 e. The summed E-state index contributed by atoms with van der Waals surface area (Å²) in [5.41, 5.74) is 9.63. The number of rotatable bonds is 7. The number of amides is 1. The van der Waals surface area contributed by atoms with Gasteiger partial charge in [0.15, 0.2) is 5.78 Å². The number of hydrogen-bond donors (Lipinski definition) is 2. The van der Waals surface area contributed by atoms with Gasteiger partial charge in [0.05, 0.1) is 29.2 Å². The fourth-order valence-electron chi connectivity index (χ4n) is 3.81. The summed E-state index contributed by atoms with van der Waals surface area (Å²) in [5.74, 6) is 0.392. The Hall–Kier alpha value is -3.06. The number of likely N-dealkylation sites (N-methyl/N-ethyl adjacent to an activating group) is 1. The van der Waals surface area contributed by atoms with Gasteiger partial charge in [-0.1, -0.05) is 18.2 Å². The third-order valence-corrected chi connectivity index (χ3v) is 5.28. The number of carbonyl (C=O) groups excluding carboxylic acids is 2. The van der Waals surface area contributed by atoms with E-state index in [-0.39, 0.29) is 11.7 Å². The topological polar surface area (TPSA) is 87.9 Å². The van der Waals surface area contributed by atoms with Crippen LogP contribution in [0.2, 0.25) is 0 Å². The van der Waals surface area contributed by atoms with E-state index in [0.29, 0.717) is 30.0 Å². The lowest BCUT2D eigenvalue weighted by Gasteiger charge is -2.36. The van der Waals surface area contributed by atoms with Crippen LogP contribution in [-0.4, -0.2) is 56.4 Å². The number of ether oxygens (including phenoxy) is 1. The monoisotopic (exact) mass is 410 g/mol. The van der Waals surface area contributed by atoms with Crippen molar-refractivity contribution in [1.29, 1.82) is 0 Å². The molecule has 0 aromatic heterocycles. The van der Waals surface area contributed by atoms with Gasteiger partial charge in [0.25, 0.3) is 0 Å². The summed E-state index contributed by atoms with van der Waals surface area (Å²) in [6, 6.07) is 11.5. The number of piperazine rings is 1. The average Bonchev–Trinajstić information content (AvgIpc) is 2.69. The highest BCUT2D eigenvalue weighted by Crippen LogP contribution is 2.37. The Labute approximate surface area is 177 Å². The molecule has 0 atom stereocenters. The molecule has 1 amide bonds. The second-order valence-corrected chi connectivity index (χ2v) is 7.66. The summed E-state index contributed by atoms with van der Waals surface area (Å²) in [6.07, 6.45) is 0.603. The summed E-state index contributed by atoms with van der Waals surface area (Å²) >= 11 is 0. The number of anilines is 3. The zero-order valence-electron chi connectivity index (χ0n) is 17.9. The zero-order valence-corrected chi connectivity index (χ0v) is 17.9. The SMILES string of the molecule is CC(=O)Nc1cc(CCOc2ccccc2)c(N2CCN(C)CC2)c(N)c1C(C)=O. The summed E-state index contributed by atoms with van der Waals surface area (Å²) in [5, 5.41) is 2.77. The van der Waals surface area contributed by atoms with Crippen LogP contribution in [0.4, 0.5) is 17.1 Å². The number of nitrogen functional groups attached to an aromatic ring is 1. The third-order valence-electron chi connectivity index (χ3n) is 5.28. The summed E-state index contributed by atoms with van der Waals surface area (Å²) < 4.78 is 5.89. The van der Waals surface area contributed by atoms with Crippen LogP contribution in [0.5, 0.6) is 5.75 Å². The van der Waals surface area contributed by atoms with Crippen molar-refractivity contribution in [2.75, 3.05) is 55.8 Å². The maximum atomic E-state index is 12.4. The standard InChI is InChI=1S/C23H30N4O3/c1-16(28)21-20(25-17(2)29)15-18(9-14-30-19-7-5-4-6-8-19)23(22(21)24)27-12-10-26(3)11-13-27/h4-8,15H,9-14,24H2,1-3H3,(H,25,29). The molecule has 7 heteroatoms. The predicted molar refractivity (Wildman–Crippen MR) is 121 cm³/mol. The van der Waals surface area contributed by atoms with Gasteiger partial charge in [-0.15, -0.1) is 0 Å². The van der Waals surface area contributed by atoms with Crippen LogP contribution in [0.3, 0.4) is 0 Å². The molecule has 2 aromatic carbocycles. The van der Waals surface area contributed by atoms with Gasteiger partial charge >= 0.3 is 0 Å². The van der Waals surface area contributed by atoms with Crippen LogP contribution >= 0.6 is 0 Å². The molecule has 0 radical (unpaired) electrons. The highest BCUT2D eigenvalue weighted by Gasteiger charge is 2.25. The van der Waals surface area contributed by atoms with Crippen molar-refractivity contribution in [3.8, 4) is 5.75 Å². The quantitative estimate of drug-likeness (QED) is 0.539. The third kappa shape index (κ3) is 5.10. The van der Waals surface area contributed by atoms with Crippen LogP contribution in [-0.2, 0) is 11.2 Å². The molecule has 3 rings (SSSR count).